The van der Waals surface area contributed by atoms with Crippen LogP contribution in [-0.2, 0) is 0 Å². The van der Waals surface area contributed by atoms with Crippen LogP contribution in [0.5, 0.6) is 0 Å². The predicted molar refractivity (Wildman–Crippen MR) is 65.8 cm³/mol. The molecule has 0 radical (unpaired) electrons. The van der Waals surface area contributed by atoms with E-state index in [-0.39, 0.29) is 18.4 Å². The SMILES string of the molecule is Cl.N[C@H](c1c(Cl)cncc1Cl)C1CCC1. The van der Waals surface area contributed by atoms with Crippen LogP contribution >= 0.6 is 35.6 Å². The van der Waals surface area contributed by atoms with Gasteiger partial charge in [0.25, 0.3) is 0 Å². The molecule has 5 heteroatoms. The minimum atomic E-state index is -0.0354. The van der Waals surface area contributed by atoms with Gasteiger partial charge >= 0.3 is 0 Å². The van der Waals surface area contributed by atoms with Gasteiger partial charge in [-0.1, -0.05) is 29.6 Å². The lowest BCUT2D eigenvalue weighted by molar-refractivity contribution is 0.264. The number of pyridine rings is 1. The number of nitrogens with two attached hydrogens (primary N) is 1. The molecule has 1 aliphatic rings. The zero-order valence-electron chi connectivity index (χ0n) is 8.12. The maximum absolute atomic E-state index is 6.11. The Balaban J connectivity index is 0.00000112. The molecular formula is C10H13Cl3N2. The summed E-state index contributed by atoms with van der Waals surface area (Å²) in [6.45, 7) is 0. The summed E-state index contributed by atoms with van der Waals surface area (Å²) in [5, 5.41) is 1.16. The predicted octanol–water partition coefficient (Wildman–Crippen LogP) is 3.61. The van der Waals surface area contributed by atoms with Gasteiger partial charge in [0.2, 0.25) is 0 Å². The topological polar surface area (TPSA) is 38.9 Å². The fraction of sp³-hybridized carbons (Fsp3) is 0.500. The highest BCUT2D eigenvalue weighted by Crippen LogP contribution is 2.40. The van der Waals surface area contributed by atoms with E-state index in [2.05, 4.69) is 4.98 Å². The summed E-state index contributed by atoms with van der Waals surface area (Å²) in [4.78, 5) is 3.91. The summed E-state index contributed by atoms with van der Waals surface area (Å²) in [6.07, 6.45) is 6.81. The lowest BCUT2D eigenvalue weighted by Crippen LogP contribution is -2.27. The van der Waals surface area contributed by atoms with Crippen molar-refractivity contribution in [2.45, 2.75) is 25.3 Å². The van der Waals surface area contributed by atoms with Gasteiger partial charge in [0.1, 0.15) is 0 Å². The molecule has 1 heterocycles. The fourth-order valence-electron chi connectivity index (χ4n) is 1.77. The van der Waals surface area contributed by atoms with Crippen LogP contribution in [0, 0.1) is 5.92 Å². The highest BCUT2D eigenvalue weighted by Gasteiger charge is 2.28. The zero-order valence-corrected chi connectivity index (χ0v) is 10.4. The van der Waals surface area contributed by atoms with Gasteiger partial charge in [-0.05, 0) is 18.8 Å². The molecule has 1 aromatic heterocycles. The number of nitrogens with zero attached hydrogens (tertiary/aromatic N) is 1. The van der Waals surface area contributed by atoms with Crippen LogP contribution in [-0.4, -0.2) is 4.98 Å². The summed E-state index contributed by atoms with van der Waals surface area (Å²) in [5.41, 5.74) is 6.96. The first-order valence-electron chi connectivity index (χ1n) is 4.74. The van der Waals surface area contributed by atoms with Crippen molar-refractivity contribution in [2.75, 3.05) is 0 Å². The molecule has 2 N–H and O–H groups in total. The highest BCUT2D eigenvalue weighted by atomic mass is 35.5. The molecule has 0 bridgehead atoms. The number of halogens is 3. The van der Waals surface area contributed by atoms with Crippen molar-refractivity contribution in [2.24, 2.45) is 11.7 Å². The smallest absolute Gasteiger partial charge is 0.0652 e. The second kappa shape index (κ2) is 5.35. The van der Waals surface area contributed by atoms with Crippen LogP contribution in [0.3, 0.4) is 0 Å². The van der Waals surface area contributed by atoms with E-state index in [9.17, 15) is 0 Å². The molecule has 2 rings (SSSR count). The first kappa shape index (κ1) is 13.0. The summed E-state index contributed by atoms with van der Waals surface area (Å²) < 4.78 is 0. The second-order valence-electron chi connectivity index (χ2n) is 3.73. The minimum Gasteiger partial charge on any atom is -0.324 e. The third kappa shape index (κ3) is 2.56. The van der Waals surface area contributed by atoms with E-state index in [1.54, 1.807) is 12.4 Å². The van der Waals surface area contributed by atoms with E-state index in [0.29, 0.717) is 16.0 Å². The highest BCUT2D eigenvalue weighted by molar-refractivity contribution is 6.35. The Morgan fingerprint density at radius 3 is 2.20 bits per heavy atom. The van der Waals surface area contributed by atoms with E-state index in [0.717, 1.165) is 5.56 Å². The number of hydrogen-bond acceptors (Lipinski definition) is 2. The second-order valence-corrected chi connectivity index (χ2v) is 4.55. The normalized spacial score (nSPS) is 17.8. The van der Waals surface area contributed by atoms with E-state index >= 15 is 0 Å². The van der Waals surface area contributed by atoms with Gasteiger partial charge in [-0.2, -0.15) is 0 Å². The van der Waals surface area contributed by atoms with Crippen LogP contribution in [0.15, 0.2) is 12.4 Å². The van der Waals surface area contributed by atoms with Gasteiger partial charge in [0.15, 0.2) is 0 Å². The maximum atomic E-state index is 6.11. The fourth-order valence-corrected chi connectivity index (χ4v) is 2.39. The quantitative estimate of drug-likeness (QED) is 0.889. The third-order valence-corrected chi connectivity index (χ3v) is 3.48. The summed E-state index contributed by atoms with van der Waals surface area (Å²) in [6, 6.07) is -0.0354. The molecule has 1 atom stereocenters. The van der Waals surface area contributed by atoms with Crippen molar-refractivity contribution in [1.82, 2.24) is 4.98 Å². The van der Waals surface area contributed by atoms with Crippen molar-refractivity contribution >= 4 is 35.6 Å². The lowest BCUT2D eigenvalue weighted by Gasteiger charge is -2.32. The molecule has 0 unspecified atom stereocenters. The molecule has 1 aromatic rings. The van der Waals surface area contributed by atoms with Gasteiger partial charge < -0.3 is 5.73 Å². The van der Waals surface area contributed by atoms with E-state index < -0.39 is 0 Å². The first-order chi connectivity index (χ1) is 6.70. The van der Waals surface area contributed by atoms with Crippen molar-refractivity contribution < 1.29 is 0 Å². The van der Waals surface area contributed by atoms with Crippen LogP contribution in [0.2, 0.25) is 10.0 Å². The average molecular weight is 268 g/mol. The summed E-state index contributed by atoms with van der Waals surface area (Å²) in [5.74, 6) is 0.535. The Hall–Kier alpha value is -0.0200. The van der Waals surface area contributed by atoms with Gasteiger partial charge in [-0.25, -0.2) is 0 Å². The van der Waals surface area contributed by atoms with Crippen LogP contribution in [0.4, 0.5) is 0 Å². The molecule has 0 spiro atoms. The third-order valence-electron chi connectivity index (χ3n) is 2.88. The van der Waals surface area contributed by atoms with Crippen molar-refractivity contribution in [3.63, 3.8) is 0 Å². The molecule has 1 aliphatic carbocycles. The molecule has 0 amide bonds. The van der Waals surface area contributed by atoms with Gasteiger partial charge in [0, 0.05) is 24.0 Å². The number of rotatable bonds is 2. The van der Waals surface area contributed by atoms with Crippen molar-refractivity contribution in [3.8, 4) is 0 Å². The number of aromatic nitrogens is 1. The molecule has 1 fully saturated rings. The molecule has 15 heavy (non-hydrogen) atoms. The lowest BCUT2D eigenvalue weighted by atomic mass is 9.78. The Morgan fingerprint density at radius 1 is 1.27 bits per heavy atom. The zero-order chi connectivity index (χ0) is 10.1. The molecule has 0 aromatic carbocycles. The monoisotopic (exact) mass is 266 g/mol. The van der Waals surface area contributed by atoms with Gasteiger partial charge in [-0.15, -0.1) is 12.4 Å². The maximum Gasteiger partial charge on any atom is 0.0652 e. The average Bonchev–Trinajstić information content (AvgIpc) is 2.00. The number of hydrogen-bond donors (Lipinski definition) is 1. The molecule has 84 valence electrons. The van der Waals surface area contributed by atoms with E-state index in [1.807, 2.05) is 0 Å². The Labute approximate surface area is 106 Å². The largest absolute Gasteiger partial charge is 0.324 e. The van der Waals surface area contributed by atoms with Crippen LogP contribution in [0.25, 0.3) is 0 Å². The molecule has 0 aliphatic heterocycles. The van der Waals surface area contributed by atoms with Crippen molar-refractivity contribution in [1.29, 1.82) is 0 Å². The van der Waals surface area contributed by atoms with Crippen LogP contribution < -0.4 is 5.73 Å². The van der Waals surface area contributed by atoms with Gasteiger partial charge in [0.05, 0.1) is 10.0 Å². The van der Waals surface area contributed by atoms with E-state index in [4.69, 9.17) is 28.9 Å². The van der Waals surface area contributed by atoms with Crippen LogP contribution in [0.1, 0.15) is 30.9 Å². The van der Waals surface area contributed by atoms with Gasteiger partial charge in [-0.3, -0.25) is 4.98 Å². The standard InChI is InChI=1S/C10H12Cl2N2.ClH/c11-7-4-14-5-8(12)9(7)10(13)6-2-1-3-6;/h4-6,10H,1-3,13H2;1H/t10-;/m0./s1. The Kier molecular flexibility index (Phi) is 4.65. The summed E-state index contributed by atoms with van der Waals surface area (Å²) in [7, 11) is 0. The van der Waals surface area contributed by atoms with E-state index in [1.165, 1.54) is 19.3 Å². The summed E-state index contributed by atoms with van der Waals surface area (Å²) >= 11 is 12.0. The van der Waals surface area contributed by atoms with Crippen molar-refractivity contribution in [3.05, 3.63) is 28.0 Å². The molecule has 2 nitrogen and oxygen atoms in total. The molecule has 0 saturated heterocycles. The minimum absolute atomic E-state index is 0. The molecular weight excluding hydrogens is 254 g/mol. The molecule has 1 saturated carbocycles. The Morgan fingerprint density at radius 2 is 1.80 bits per heavy atom. The Bertz CT molecular complexity index is 319. The first-order valence-corrected chi connectivity index (χ1v) is 5.50.